The lowest BCUT2D eigenvalue weighted by Gasteiger charge is -2.37. The minimum absolute atomic E-state index is 0.0199. The number of aliphatic hydroxyl groups excluding tert-OH is 1. The van der Waals surface area contributed by atoms with Crippen molar-refractivity contribution in [2.45, 2.75) is 30.6 Å². The molecule has 208 valence electrons. The van der Waals surface area contributed by atoms with Gasteiger partial charge in [-0.3, -0.25) is 4.79 Å². The minimum atomic E-state index is -3.64. The normalized spacial score (nSPS) is 16.7. The highest BCUT2D eigenvalue weighted by molar-refractivity contribution is 7.89. The molecule has 2 aliphatic heterocycles. The van der Waals surface area contributed by atoms with Crippen LogP contribution in [0.2, 0.25) is 0 Å². The Morgan fingerprint density at radius 3 is 2.54 bits per heavy atom. The first-order valence-corrected chi connectivity index (χ1v) is 14.2. The maximum Gasteiger partial charge on any atom is 0.404 e. The average Bonchev–Trinajstić information content (AvgIpc) is 3.04. The number of carbonyl (C=O) groups excluding carboxylic acids is 1. The number of hydrogen-bond donors (Lipinski definition) is 5. The molecule has 39 heavy (non-hydrogen) atoms. The SMILES string of the molecule is CCC(c1cccc(S(=O)(=O)N2CC(CO)C2)c1)c1ccc2c(c1)N=C(N)CC(C(=O)NCCNC(=O)O)=C2. The molecule has 2 aromatic carbocycles. The molecule has 2 aliphatic rings. The lowest BCUT2D eigenvalue weighted by atomic mass is 9.88. The van der Waals surface area contributed by atoms with E-state index in [2.05, 4.69) is 15.6 Å². The van der Waals surface area contributed by atoms with Crippen LogP contribution in [-0.2, 0) is 14.8 Å². The van der Waals surface area contributed by atoms with Crippen molar-refractivity contribution in [3.63, 3.8) is 0 Å². The van der Waals surface area contributed by atoms with E-state index >= 15 is 0 Å². The summed E-state index contributed by atoms with van der Waals surface area (Å²) in [6, 6.07) is 12.7. The van der Waals surface area contributed by atoms with Gasteiger partial charge in [-0.15, -0.1) is 0 Å². The number of nitrogens with zero attached hydrogens (tertiary/aromatic N) is 2. The van der Waals surface area contributed by atoms with Gasteiger partial charge in [-0.25, -0.2) is 18.2 Å². The fraction of sp³-hybridized carbons (Fsp3) is 0.370. The third-order valence-corrected chi connectivity index (χ3v) is 8.72. The van der Waals surface area contributed by atoms with E-state index in [1.54, 1.807) is 24.3 Å². The van der Waals surface area contributed by atoms with Crippen LogP contribution >= 0.6 is 0 Å². The number of aliphatic hydroxyl groups is 1. The van der Waals surface area contributed by atoms with E-state index in [-0.39, 0.29) is 54.6 Å². The molecule has 0 saturated carbocycles. The summed E-state index contributed by atoms with van der Waals surface area (Å²) in [5.74, 6) is -0.198. The maximum absolute atomic E-state index is 13.1. The summed E-state index contributed by atoms with van der Waals surface area (Å²) in [4.78, 5) is 28.0. The number of nitrogens with two attached hydrogens (primary N) is 1. The number of fused-ring (bicyclic) bond motifs is 1. The number of rotatable bonds is 10. The van der Waals surface area contributed by atoms with Crippen molar-refractivity contribution in [1.82, 2.24) is 14.9 Å². The average molecular weight is 556 g/mol. The second kappa shape index (κ2) is 12.0. The van der Waals surface area contributed by atoms with Gasteiger partial charge in [0.05, 0.1) is 10.6 Å². The molecule has 0 bridgehead atoms. The van der Waals surface area contributed by atoms with Crippen LogP contribution in [0.15, 0.2) is 57.9 Å². The molecule has 0 aliphatic carbocycles. The number of benzene rings is 2. The van der Waals surface area contributed by atoms with Crippen LogP contribution in [0, 0.1) is 5.92 Å². The van der Waals surface area contributed by atoms with Crippen molar-refractivity contribution >= 4 is 39.6 Å². The first kappa shape index (κ1) is 28.3. The van der Waals surface area contributed by atoms with Gasteiger partial charge in [0, 0.05) is 62.2 Å². The van der Waals surface area contributed by atoms with Crippen molar-refractivity contribution in [2.24, 2.45) is 16.6 Å². The molecular weight excluding hydrogens is 522 g/mol. The standard InChI is InChI=1S/C27H33N5O6S/c1-2-23(18-4-3-5-22(11-18)39(37,38)32-14-17(15-32)16-33)19-6-7-20-10-21(13-25(28)31-24(20)12-19)26(34)29-8-9-30-27(35)36/h3-7,10-12,17,23,30,33H,2,8-9,13-16H2,1H3,(H2,28,31)(H,29,34)(H,35,36). The van der Waals surface area contributed by atoms with Crippen molar-refractivity contribution < 1.29 is 28.2 Å². The predicted molar refractivity (Wildman–Crippen MR) is 147 cm³/mol. The zero-order valence-electron chi connectivity index (χ0n) is 21.6. The number of hydrogen-bond acceptors (Lipinski definition) is 7. The highest BCUT2D eigenvalue weighted by Gasteiger charge is 2.36. The molecule has 2 heterocycles. The first-order valence-electron chi connectivity index (χ1n) is 12.8. The fourth-order valence-corrected chi connectivity index (χ4v) is 6.42. The summed E-state index contributed by atoms with van der Waals surface area (Å²) in [6.07, 6.45) is 1.42. The fourth-order valence-electron chi connectivity index (χ4n) is 4.77. The largest absolute Gasteiger partial charge is 0.465 e. The van der Waals surface area contributed by atoms with E-state index in [0.29, 0.717) is 30.8 Å². The summed E-state index contributed by atoms with van der Waals surface area (Å²) in [5, 5.41) is 22.8. The molecule has 1 unspecified atom stereocenters. The van der Waals surface area contributed by atoms with Crippen LogP contribution in [0.4, 0.5) is 10.5 Å². The smallest absolute Gasteiger partial charge is 0.404 e. The lowest BCUT2D eigenvalue weighted by Crippen LogP contribution is -2.51. The number of carboxylic acid groups (broad SMARTS) is 1. The van der Waals surface area contributed by atoms with E-state index < -0.39 is 16.1 Å². The van der Waals surface area contributed by atoms with Gasteiger partial charge in [0.2, 0.25) is 15.9 Å². The summed E-state index contributed by atoms with van der Waals surface area (Å²) < 4.78 is 27.6. The Morgan fingerprint density at radius 2 is 1.85 bits per heavy atom. The molecule has 2 amide bonds. The molecule has 2 aromatic rings. The topological polar surface area (TPSA) is 174 Å². The number of amidine groups is 1. The van der Waals surface area contributed by atoms with E-state index in [0.717, 1.165) is 16.7 Å². The highest BCUT2D eigenvalue weighted by atomic mass is 32.2. The number of sulfonamides is 1. The van der Waals surface area contributed by atoms with E-state index in [1.807, 2.05) is 31.2 Å². The highest BCUT2D eigenvalue weighted by Crippen LogP contribution is 2.35. The molecule has 4 rings (SSSR count). The first-order chi connectivity index (χ1) is 18.6. The van der Waals surface area contributed by atoms with Gasteiger partial charge in [0.1, 0.15) is 5.84 Å². The zero-order valence-corrected chi connectivity index (χ0v) is 22.4. The number of carbonyl (C=O) groups is 2. The lowest BCUT2D eigenvalue weighted by molar-refractivity contribution is -0.117. The van der Waals surface area contributed by atoms with E-state index in [4.69, 9.17) is 10.8 Å². The Bertz CT molecular complexity index is 1420. The monoisotopic (exact) mass is 555 g/mol. The van der Waals surface area contributed by atoms with Gasteiger partial charge in [0.25, 0.3) is 0 Å². The molecule has 1 saturated heterocycles. The van der Waals surface area contributed by atoms with Gasteiger partial charge in [-0.2, -0.15) is 4.31 Å². The van der Waals surface area contributed by atoms with Crippen LogP contribution < -0.4 is 16.4 Å². The molecule has 12 heteroatoms. The van der Waals surface area contributed by atoms with Crippen LogP contribution in [0.5, 0.6) is 0 Å². The molecule has 1 fully saturated rings. The predicted octanol–water partition coefficient (Wildman–Crippen LogP) is 2.00. The molecule has 1 atom stereocenters. The molecule has 0 radical (unpaired) electrons. The summed E-state index contributed by atoms with van der Waals surface area (Å²) >= 11 is 0. The molecule has 11 nitrogen and oxygen atoms in total. The second-order valence-electron chi connectivity index (χ2n) is 9.66. The van der Waals surface area contributed by atoms with Crippen molar-refractivity contribution in [1.29, 1.82) is 0 Å². The van der Waals surface area contributed by atoms with Crippen LogP contribution in [0.3, 0.4) is 0 Å². The quantitative estimate of drug-likeness (QED) is 0.279. The Morgan fingerprint density at radius 1 is 1.13 bits per heavy atom. The van der Waals surface area contributed by atoms with Crippen LogP contribution in [-0.4, -0.2) is 73.6 Å². The molecule has 0 aromatic heterocycles. The second-order valence-corrected chi connectivity index (χ2v) is 11.6. The third-order valence-electron chi connectivity index (χ3n) is 6.89. The van der Waals surface area contributed by atoms with Crippen molar-refractivity contribution in [3.05, 3.63) is 64.7 Å². The van der Waals surface area contributed by atoms with Gasteiger partial charge >= 0.3 is 6.09 Å². The minimum Gasteiger partial charge on any atom is -0.465 e. The number of nitrogens with one attached hydrogen (secondary N) is 2. The van der Waals surface area contributed by atoms with Gasteiger partial charge < -0.3 is 26.6 Å². The van der Waals surface area contributed by atoms with Gasteiger partial charge in [-0.1, -0.05) is 31.2 Å². The van der Waals surface area contributed by atoms with Crippen molar-refractivity contribution in [3.8, 4) is 0 Å². The Hall–Kier alpha value is -3.74. The number of amides is 2. The molecular formula is C27H33N5O6S. The Labute approximate surface area is 227 Å². The number of aliphatic imine (C=N–C) groups is 1. The summed E-state index contributed by atoms with van der Waals surface area (Å²) in [7, 11) is -3.64. The van der Waals surface area contributed by atoms with Gasteiger partial charge in [-0.05, 0) is 41.8 Å². The van der Waals surface area contributed by atoms with E-state index in [9.17, 15) is 23.1 Å². The summed E-state index contributed by atoms with van der Waals surface area (Å²) in [6.45, 7) is 2.85. The molecule has 0 spiro atoms. The van der Waals surface area contributed by atoms with Crippen LogP contribution in [0.1, 0.15) is 42.4 Å². The third kappa shape index (κ3) is 6.47. The van der Waals surface area contributed by atoms with E-state index in [1.165, 1.54) is 4.31 Å². The maximum atomic E-state index is 13.1. The summed E-state index contributed by atoms with van der Waals surface area (Å²) in [5.41, 5.74) is 9.66. The Balaban J connectivity index is 1.56. The van der Waals surface area contributed by atoms with Crippen molar-refractivity contribution in [2.75, 3.05) is 32.8 Å². The van der Waals surface area contributed by atoms with Gasteiger partial charge in [0.15, 0.2) is 0 Å². The van der Waals surface area contributed by atoms with Crippen LogP contribution in [0.25, 0.3) is 6.08 Å². The molecule has 6 N–H and O–H groups in total. The Kier molecular flexibility index (Phi) is 8.68. The zero-order chi connectivity index (χ0) is 28.2.